The molecule has 5 heteroatoms. The van der Waals surface area contributed by atoms with Gasteiger partial charge in [0, 0.05) is 5.41 Å². The summed E-state index contributed by atoms with van der Waals surface area (Å²) in [4.78, 5) is 0. The highest BCUT2D eigenvalue weighted by Crippen LogP contribution is 2.37. The van der Waals surface area contributed by atoms with Gasteiger partial charge in [0.2, 0.25) is 0 Å². The molecule has 0 N–H and O–H groups in total. The van der Waals surface area contributed by atoms with Gasteiger partial charge in [-0.2, -0.15) is 25.8 Å². The summed E-state index contributed by atoms with van der Waals surface area (Å²) >= 11 is 4.31. The van der Waals surface area contributed by atoms with Crippen molar-refractivity contribution in [3.8, 4) is 0 Å². The number of thiol groups is 1. The maximum absolute atomic E-state index is 12.4. The molecule has 0 amide bonds. The largest absolute Gasteiger partial charge is 0.414 e. The van der Waals surface area contributed by atoms with Crippen molar-refractivity contribution in [2.24, 2.45) is 5.41 Å². The zero-order valence-corrected chi connectivity index (χ0v) is 11.1. The Morgan fingerprint density at radius 2 is 1.71 bits per heavy atom. The molecule has 0 heterocycles. The molecule has 0 spiro atoms. The molecule has 0 aliphatic heterocycles. The molecule has 1 unspecified atom stereocenters. The average molecular weight is 270 g/mol. The van der Waals surface area contributed by atoms with Gasteiger partial charge >= 0.3 is 6.18 Å². The second-order valence-corrected chi connectivity index (χ2v) is 5.38. The maximum Gasteiger partial charge on any atom is 0.414 e. The van der Waals surface area contributed by atoms with Gasteiger partial charge in [-0.1, -0.05) is 25.7 Å². The lowest BCUT2D eigenvalue weighted by atomic mass is 9.83. The van der Waals surface area contributed by atoms with Gasteiger partial charge in [0.25, 0.3) is 0 Å². The van der Waals surface area contributed by atoms with Crippen LogP contribution in [0.15, 0.2) is 0 Å². The molecule has 17 heavy (non-hydrogen) atoms. The van der Waals surface area contributed by atoms with Crippen LogP contribution < -0.4 is 0 Å². The minimum atomic E-state index is -4.26. The predicted octanol–water partition coefficient (Wildman–Crippen LogP) is 4.22. The first-order valence-electron chi connectivity index (χ1n) is 6.19. The molecular formula is C12H21F3OS. The third-order valence-corrected chi connectivity index (χ3v) is 4.27. The van der Waals surface area contributed by atoms with Crippen molar-refractivity contribution >= 4 is 12.6 Å². The van der Waals surface area contributed by atoms with Crippen molar-refractivity contribution in [2.75, 3.05) is 12.4 Å². The van der Waals surface area contributed by atoms with Crippen LogP contribution in [0, 0.1) is 5.41 Å². The molecule has 0 bridgehead atoms. The van der Waals surface area contributed by atoms with Crippen LogP contribution in [-0.4, -0.2) is 24.6 Å². The Labute approximate surface area is 107 Å². The molecule has 0 saturated heterocycles. The lowest BCUT2D eigenvalue weighted by molar-refractivity contribution is -0.221. The molecule has 1 nitrogen and oxygen atoms in total. The summed E-state index contributed by atoms with van der Waals surface area (Å²) in [6, 6.07) is 0. The highest BCUT2D eigenvalue weighted by atomic mass is 32.1. The van der Waals surface area contributed by atoms with E-state index in [4.69, 9.17) is 4.74 Å². The van der Waals surface area contributed by atoms with Crippen molar-refractivity contribution in [2.45, 2.75) is 57.7 Å². The van der Waals surface area contributed by atoms with Crippen molar-refractivity contribution in [1.29, 1.82) is 0 Å². The SMILES string of the molecule is CC(OCC1(CS)CCCCCC1)C(F)(F)F. The molecular weight excluding hydrogens is 249 g/mol. The zero-order chi connectivity index (χ0) is 12.9. The first kappa shape index (κ1) is 15.2. The number of alkyl halides is 3. The van der Waals surface area contributed by atoms with Crippen LogP contribution in [0.2, 0.25) is 0 Å². The molecule has 1 aliphatic rings. The molecule has 1 saturated carbocycles. The van der Waals surface area contributed by atoms with Crippen molar-refractivity contribution < 1.29 is 17.9 Å². The van der Waals surface area contributed by atoms with E-state index in [1.54, 1.807) is 0 Å². The fourth-order valence-electron chi connectivity index (χ4n) is 2.22. The standard InChI is InChI=1S/C12H21F3OS/c1-10(12(13,14)15)16-8-11(9-17)6-4-2-3-5-7-11/h10,17H,2-9H2,1H3. The Bertz CT molecular complexity index is 222. The van der Waals surface area contributed by atoms with Gasteiger partial charge in [0.05, 0.1) is 6.61 Å². The van der Waals surface area contributed by atoms with E-state index in [0.717, 1.165) is 32.6 Å². The number of rotatable bonds is 4. The van der Waals surface area contributed by atoms with E-state index in [-0.39, 0.29) is 12.0 Å². The van der Waals surface area contributed by atoms with E-state index < -0.39 is 12.3 Å². The van der Waals surface area contributed by atoms with Crippen LogP contribution in [0.3, 0.4) is 0 Å². The van der Waals surface area contributed by atoms with Crippen LogP contribution in [0.5, 0.6) is 0 Å². The van der Waals surface area contributed by atoms with Crippen LogP contribution in [-0.2, 0) is 4.74 Å². The van der Waals surface area contributed by atoms with E-state index in [1.807, 2.05) is 0 Å². The zero-order valence-electron chi connectivity index (χ0n) is 10.2. The minimum absolute atomic E-state index is 0.154. The first-order chi connectivity index (χ1) is 7.90. The second kappa shape index (κ2) is 6.32. The lowest BCUT2D eigenvalue weighted by Crippen LogP contribution is -2.35. The summed E-state index contributed by atoms with van der Waals surface area (Å²) in [6.45, 7) is 1.25. The topological polar surface area (TPSA) is 9.23 Å². The highest BCUT2D eigenvalue weighted by Gasteiger charge is 2.39. The van der Waals surface area contributed by atoms with Gasteiger partial charge in [-0.05, 0) is 25.5 Å². The summed E-state index contributed by atoms with van der Waals surface area (Å²) in [5.41, 5.74) is -0.154. The molecule has 0 aromatic carbocycles. The van der Waals surface area contributed by atoms with Crippen molar-refractivity contribution in [3.63, 3.8) is 0 Å². The van der Waals surface area contributed by atoms with Gasteiger partial charge in [-0.25, -0.2) is 0 Å². The number of hydrogen-bond donors (Lipinski definition) is 1. The molecule has 1 fully saturated rings. The molecule has 102 valence electrons. The summed E-state index contributed by atoms with van der Waals surface area (Å²) < 4.78 is 42.1. The molecule has 0 aromatic rings. The van der Waals surface area contributed by atoms with E-state index in [0.29, 0.717) is 5.75 Å². The second-order valence-electron chi connectivity index (χ2n) is 5.07. The lowest BCUT2D eigenvalue weighted by Gasteiger charge is -2.32. The van der Waals surface area contributed by atoms with Gasteiger partial charge < -0.3 is 4.74 Å². The third-order valence-electron chi connectivity index (χ3n) is 3.60. The van der Waals surface area contributed by atoms with Crippen LogP contribution in [0.1, 0.15) is 45.4 Å². The van der Waals surface area contributed by atoms with Gasteiger partial charge in [0.15, 0.2) is 6.10 Å². The highest BCUT2D eigenvalue weighted by molar-refractivity contribution is 7.80. The Hall–Kier alpha value is 0.100. The Kier molecular flexibility index (Phi) is 5.64. The van der Waals surface area contributed by atoms with Gasteiger partial charge in [-0.3, -0.25) is 0 Å². The monoisotopic (exact) mass is 270 g/mol. The third kappa shape index (κ3) is 4.70. The molecule has 1 aliphatic carbocycles. The minimum Gasteiger partial charge on any atom is -0.368 e. The van der Waals surface area contributed by atoms with Gasteiger partial charge in [-0.15, -0.1) is 0 Å². The summed E-state index contributed by atoms with van der Waals surface area (Å²) in [5.74, 6) is 0.609. The molecule has 1 rings (SSSR count). The average Bonchev–Trinajstić information content (AvgIpc) is 2.50. The van der Waals surface area contributed by atoms with E-state index in [1.165, 1.54) is 12.8 Å². The smallest absolute Gasteiger partial charge is 0.368 e. The number of halogens is 3. The summed E-state index contributed by atoms with van der Waals surface area (Å²) in [6.07, 6.45) is 0.413. The summed E-state index contributed by atoms with van der Waals surface area (Å²) in [7, 11) is 0. The Balaban J connectivity index is 2.50. The van der Waals surface area contributed by atoms with Crippen molar-refractivity contribution in [1.82, 2.24) is 0 Å². The van der Waals surface area contributed by atoms with Crippen LogP contribution >= 0.6 is 12.6 Å². The molecule has 0 radical (unpaired) electrons. The van der Waals surface area contributed by atoms with E-state index >= 15 is 0 Å². The number of ether oxygens (including phenoxy) is 1. The normalized spacial score (nSPS) is 23.1. The first-order valence-corrected chi connectivity index (χ1v) is 6.82. The number of hydrogen-bond acceptors (Lipinski definition) is 2. The van der Waals surface area contributed by atoms with Crippen molar-refractivity contribution in [3.05, 3.63) is 0 Å². The summed E-state index contributed by atoms with van der Waals surface area (Å²) in [5, 5.41) is 0. The Morgan fingerprint density at radius 3 is 2.12 bits per heavy atom. The van der Waals surface area contributed by atoms with E-state index in [2.05, 4.69) is 12.6 Å². The maximum atomic E-state index is 12.4. The van der Waals surface area contributed by atoms with E-state index in [9.17, 15) is 13.2 Å². The quantitative estimate of drug-likeness (QED) is 0.594. The van der Waals surface area contributed by atoms with Crippen LogP contribution in [0.25, 0.3) is 0 Å². The van der Waals surface area contributed by atoms with Crippen LogP contribution in [0.4, 0.5) is 13.2 Å². The fraction of sp³-hybridized carbons (Fsp3) is 1.00. The Morgan fingerprint density at radius 1 is 1.18 bits per heavy atom. The molecule has 1 atom stereocenters. The fourth-order valence-corrected chi connectivity index (χ4v) is 2.63. The molecule has 0 aromatic heterocycles. The predicted molar refractivity (Wildman–Crippen MR) is 65.5 cm³/mol. The van der Waals surface area contributed by atoms with Gasteiger partial charge in [0.1, 0.15) is 0 Å².